The van der Waals surface area contributed by atoms with Crippen molar-refractivity contribution < 1.29 is 9.15 Å². The van der Waals surface area contributed by atoms with Gasteiger partial charge in [0.1, 0.15) is 23.5 Å². The average Bonchev–Trinajstić information content (AvgIpc) is 3.68. The number of fused-ring (bicyclic) bond motifs is 6. The molecule has 0 N–H and O–H groups in total. The van der Waals surface area contributed by atoms with Crippen LogP contribution in [0, 0.1) is 0 Å². The fourth-order valence-electron chi connectivity index (χ4n) is 8.06. The van der Waals surface area contributed by atoms with Crippen molar-refractivity contribution in [1.29, 1.82) is 0 Å². The maximum Gasteiger partial charge on any atom is 0.164 e. The van der Waals surface area contributed by atoms with Gasteiger partial charge in [-0.1, -0.05) is 164 Å². The minimum atomic E-state index is 0.550. The molecule has 0 unspecified atom stereocenters. The molecule has 0 saturated heterocycles. The normalized spacial score (nSPS) is 11.9. The molecule has 3 heterocycles. The highest BCUT2D eigenvalue weighted by atomic mass is 16.5. The Morgan fingerprint density at radius 3 is 1.75 bits per heavy atom. The Bertz CT molecular complexity index is 3130. The minimum Gasteiger partial charge on any atom is -0.488 e. The Balaban J connectivity index is 1.03. The van der Waals surface area contributed by atoms with Crippen LogP contribution in [0.15, 0.2) is 192 Å². The van der Waals surface area contributed by atoms with Crippen LogP contribution in [0.5, 0.6) is 5.75 Å². The summed E-state index contributed by atoms with van der Waals surface area (Å²) in [5.74, 6) is 2.71. The summed E-state index contributed by atoms with van der Waals surface area (Å²) in [7, 11) is 0. The Labute approximate surface area is 329 Å². The number of para-hydroxylation sites is 3. The van der Waals surface area contributed by atoms with E-state index in [0.717, 1.165) is 77.8 Å². The van der Waals surface area contributed by atoms with E-state index in [-0.39, 0.29) is 0 Å². The van der Waals surface area contributed by atoms with Gasteiger partial charge < -0.3 is 9.15 Å². The second-order valence-corrected chi connectivity index (χ2v) is 14.3. The largest absolute Gasteiger partial charge is 0.488 e. The first-order valence-electron chi connectivity index (χ1n) is 19.1. The minimum absolute atomic E-state index is 0.550. The van der Waals surface area contributed by atoms with E-state index in [1.54, 1.807) is 0 Å². The molecule has 10 aromatic rings. The van der Waals surface area contributed by atoms with Crippen molar-refractivity contribution >= 4 is 21.9 Å². The molecule has 2 aromatic heterocycles. The Kier molecular flexibility index (Phi) is 7.81. The SMILES string of the molecule is c1ccc(-c2cccc(-c3nc(-c4ccc(-c5cccc6c5-c5ccccc5OC6)cc4)nc(-c4cccc(-c5cccc6c5oc5ccccc56)c4)n3)c2)cc1. The second kappa shape index (κ2) is 13.6. The van der Waals surface area contributed by atoms with E-state index in [4.69, 9.17) is 24.1 Å². The summed E-state index contributed by atoms with van der Waals surface area (Å²) >= 11 is 0. The lowest BCUT2D eigenvalue weighted by Crippen LogP contribution is -2.06. The molecule has 5 nitrogen and oxygen atoms in total. The van der Waals surface area contributed by atoms with E-state index in [1.807, 2.05) is 36.4 Å². The molecule has 1 aliphatic rings. The van der Waals surface area contributed by atoms with Crippen molar-refractivity contribution in [3.8, 4) is 84.4 Å². The first-order valence-corrected chi connectivity index (χ1v) is 19.1. The molecule has 11 rings (SSSR count). The van der Waals surface area contributed by atoms with Crippen LogP contribution >= 0.6 is 0 Å². The van der Waals surface area contributed by atoms with Crippen molar-refractivity contribution in [2.45, 2.75) is 6.61 Å². The molecule has 0 amide bonds. The van der Waals surface area contributed by atoms with Gasteiger partial charge in [0.05, 0.1) is 0 Å². The third kappa shape index (κ3) is 5.85. The van der Waals surface area contributed by atoms with Gasteiger partial charge >= 0.3 is 0 Å². The number of furan rings is 1. The fourth-order valence-corrected chi connectivity index (χ4v) is 8.06. The lowest BCUT2D eigenvalue weighted by Gasteiger charge is -2.23. The monoisotopic (exact) mass is 731 g/mol. The average molecular weight is 732 g/mol. The van der Waals surface area contributed by atoms with Crippen molar-refractivity contribution in [3.63, 3.8) is 0 Å². The predicted molar refractivity (Wildman–Crippen MR) is 229 cm³/mol. The van der Waals surface area contributed by atoms with E-state index >= 15 is 0 Å². The molecule has 0 spiro atoms. The van der Waals surface area contributed by atoms with Gasteiger partial charge in [0.25, 0.3) is 0 Å². The van der Waals surface area contributed by atoms with Gasteiger partial charge in [0, 0.05) is 38.6 Å². The number of hydrogen-bond donors (Lipinski definition) is 0. The summed E-state index contributed by atoms with van der Waals surface area (Å²) in [5, 5.41) is 2.19. The zero-order chi connectivity index (χ0) is 37.7. The molecule has 0 saturated carbocycles. The van der Waals surface area contributed by atoms with E-state index in [1.165, 1.54) is 16.7 Å². The molecule has 57 heavy (non-hydrogen) atoms. The second-order valence-electron chi connectivity index (χ2n) is 14.3. The van der Waals surface area contributed by atoms with E-state index in [0.29, 0.717) is 24.1 Å². The fraction of sp³-hybridized carbons (Fsp3) is 0.0192. The first kappa shape index (κ1) is 32.8. The smallest absolute Gasteiger partial charge is 0.164 e. The van der Waals surface area contributed by atoms with Crippen LogP contribution in [-0.2, 0) is 6.61 Å². The summed E-state index contributed by atoms with van der Waals surface area (Å²) in [5.41, 5.74) is 14.5. The van der Waals surface area contributed by atoms with Crippen LogP contribution in [0.1, 0.15) is 5.56 Å². The van der Waals surface area contributed by atoms with E-state index in [2.05, 4.69) is 152 Å². The molecule has 8 aromatic carbocycles. The summed E-state index contributed by atoms with van der Waals surface area (Å²) in [6, 6.07) is 64.9. The van der Waals surface area contributed by atoms with Crippen molar-refractivity contribution in [1.82, 2.24) is 15.0 Å². The highest BCUT2D eigenvalue weighted by Gasteiger charge is 2.21. The summed E-state index contributed by atoms with van der Waals surface area (Å²) in [4.78, 5) is 15.4. The summed E-state index contributed by atoms with van der Waals surface area (Å²) in [6.07, 6.45) is 0. The van der Waals surface area contributed by atoms with Gasteiger partial charge in [-0.25, -0.2) is 15.0 Å². The van der Waals surface area contributed by atoms with Crippen LogP contribution < -0.4 is 4.74 Å². The first-order chi connectivity index (χ1) is 28.2. The van der Waals surface area contributed by atoms with E-state index < -0.39 is 0 Å². The number of rotatable bonds is 6. The zero-order valence-corrected chi connectivity index (χ0v) is 30.8. The maximum atomic E-state index is 6.43. The molecule has 1 aliphatic heterocycles. The Morgan fingerprint density at radius 1 is 0.368 bits per heavy atom. The van der Waals surface area contributed by atoms with Gasteiger partial charge in [0.15, 0.2) is 17.5 Å². The molecule has 5 heteroatoms. The van der Waals surface area contributed by atoms with Gasteiger partial charge in [0.2, 0.25) is 0 Å². The van der Waals surface area contributed by atoms with Gasteiger partial charge in [-0.3, -0.25) is 0 Å². The summed E-state index contributed by atoms with van der Waals surface area (Å²) in [6.45, 7) is 0.550. The standard InChI is InChI=1S/C52H33N3O2/c1-2-12-33(13-3-1)36-14-8-16-38(30-36)51-53-50(35-28-26-34(27-29-35)41-21-10-18-40-32-56-46-24-6-5-20-45(46)48(40)41)54-52(55-51)39-17-9-15-37(31-39)42-22-11-23-44-43-19-4-7-25-47(43)57-49(42)44/h1-31H,32H2. The molecular weight excluding hydrogens is 699 g/mol. The molecule has 0 bridgehead atoms. The molecule has 0 atom stereocenters. The van der Waals surface area contributed by atoms with Crippen LogP contribution in [0.2, 0.25) is 0 Å². The van der Waals surface area contributed by atoms with Gasteiger partial charge in [-0.2, -0.15) is 0 Å². The highest BCUT2D eigenvalue weighted by molar-refractivity contribution is 6.09. The molecule has 268 valence electrons. The van der Waals surface area contributed by atoms with Crippen molar-refractivity contribution in [2.75, 3.05) is 0 Å². The van der Waals surface area contributed by atoms with Crippen molar-refractivity contribution in [3.05, 3.63) is 194 Å². The molecule has 0 fully saturated rings. The van der Waals surface area contributed by atoms with Crippen LogP contribution in [-0.4, -0.2) is 15.0 Å². The number of aromatic nitrogens is 3. The zero-order valence-electron chi connectivity index (χ0n) is 30.8. The Morgan fingerprint density at radius 2 is 0.930 bits per heavy atom. The van der Waals surface area contributed by atoms with Gasteiger partial charge in [-0.15, -0.1) is 0 Å². The third-order valence-corrected chi connectivity index (χ3v) is 10.8. The maximum absolute atomic E-state index is 6.43. The molecular formula is C52H33N3O2. The number of ether oxygens (including phenoxy) is 1. The van der Waals surface area contributed by atoms with Crippen LogP contribution in [0.25, 0.3) is 101 Å². The third-order valence-electron chi connectivity index (χ3n) is 10.8. The molecule has 0 radical (unpaired) electrons. The molecule has 0 aliphatic carbocycles. The summed E-state index contributed by atoms with van der Waals surface area (Å²) < 4.78 is 12.5. The quantitative estimate of drug-likeness (QED) is 0.170. The van der Waals surface area contributed by atoms with Crippen LogP contribution in [0.4, 0.5) is 0 Å². The van der Waals surface area contributed by atoms with Gasteiger partial charge in [-0.05, 0) is 63.2 Å². The van der Waals surface area contributed by atoms with Crippen LogP contribution in [0.3, 0.4) is 0 Å². The number of benzene rings is 8. The van der Waals surface area contributed by atoms with E-state index in [9.17, 15) is 0 Å². The highest BCUT2D eigenvalue weighted by Crippen LogP contribution is 2.43. The predicted octanol–water partition coefficient (Wildman–Crippen LogP) is 13.3. The topological polar surface area (TPSA) is 61.0 Å². The lowest BCUT2D eigenvalue weighted by atomic mass is 9.89. The van der Waals surface area contributed by atoms with Crippen molar-refractivity contribution in [2.24, 2.45) is 0 Å². The Hall–Kier alpha value is -7.63. The number of hydrogen-bond acceptors (Lipinski definition) is 5. The number of nitrogens with zero attached hydrogens (tertiary/aromatic N) is 3. The lowest BCUT2D eigenvalue weighted by molar-refractivity contribution is 0.302.